The Kier molecular flexibility index (Phi) is 4.86. The van der Waals surface area contributed by atoms with E-state index in [0.717, 1.165) is 0 Å². The van der Waals surface area contributed by atoms with Crippen LogP contribution in [-0.2, 0) is 4.74 Å². The minimum Gasteiger partial charge on any atom is -0.387 e. The SMILES string of the molecule is CC[C@H]1O[C@@H](c2csc3c(NC(=O)c4ccccc4)ncnc23)[C@H](F)[C@@H]1O. The third-order valence-electron chi connectivity index (χ3n) is 4.68. The number of nitrogens with zero attached hydrogens (tertiary/aromatic N) is 2. The number of thiophene rings is 1. The van der Waals surface area contributed by atoms with Crippen molar-refractivity contribution in [2.45, 2.75) is 37.8 Å². The van der Waals surface area contributed by atoms with E-state index in [1.807, 2.05) is 13.0 Å². The van der Waals surface area contributed by atoms with Gasteiger partial charge in [-0.05, 0) is 23.9 Å². The predicted octanol–water partition coefficient (Wildman–Crippen LogP) is 3.49. The molecule has 2 N–H and O–H groups in total. The third kappa shape index (κ3) is 3.20. The molecule has 8 heteroatoms. The van der Waals surface area contributed by atoms with Crippen LogP contribution in [0.5, 0.6) is 0 Å². The highest BCUT2D eigenvalue weighted by Gasteiger charge is 2.45. The van der Waals surface area contributed by atoms with Crippen molar-refractivity contribution >= 4 is 33.3 Å². The number of aromatic nitrogens is 2. The van der Waals surface area contributed by atoms with Crippen LogP contribution in [-0.4, -0.2) is 39.4 Å². The van der Waals surface area contributed by atoms with Crippen LogP contribution in [0, 0.1) is 0 Å². The molecule has 1 saturated heterocycles. The Balaban J connectivity index is 1.65. The Morgan fingerprint density at radius 2 is 2.11 bits per heavy atom. The summed E-state index contributed by atoms with van der Waals surface area (Å²) >= 11 is 1.31. The average Bonchev–Trinajstić information content (AvgIpc) is 3.25. The summed E-state index contributed by atoms with van der Waals surface area (Å²) in [6.07, 6.45) is -2.26. The van der Waals surface area contributed by atoms with Crippen LogP contribution < -0.4 is 5.32 Å². The molecule has 1 aromatic carbocycles. The first-order valence-corrected chi connectivity index (χ1v) is 9.54. The zero-order chi connectivity index (χ0) is 19.0. The number of hydrogen-bond donors (Lipinski definition) is 2. The number of alkyl halides is 1. The lowest BCUT2D eigenvalue weighted by Gasteiger charge is -2.12. The molecule has 1 fully saturated rings. The number of carbonyl (C=O) groups is 1. The molecule has 140 valence electrons. The number of nitrogens with one attached hydrogen (secondary N) is 1. The van der Waals surface area contributed by atoms with Gasteiger partial charge in [-0.1, -0.05) is 25.1 Å². The Morgan fingerprint density at radius 1 is 1.33 bits per heavy atom. The van der Waals surface area contributed by atoms with Crippen LogP contribution in [0.3, 0.4) is 0 Å². The van der Waals surface area contributed by atoms with Gasteiger partial charge in [0.15, 0.2) is 12.0 Å². The fraction of sp³-hybridized carbons (Fsp3) is 0.316. The van der Waals surface area contributed by atoms with E-state index in [4.69, 9.17) is 4.74 Å². The lowest BCUT2D eigenvalue weighted by molar-refractivity contribution is 0.00798. The molecular weight excluding hydrogens is 369 g/mol. The number of hydrogen-bond acceptors (Lipinski definition) is 6. The zero-order valence-electron chi connectivity index (χ0n) is 14.5. The van der Waals surface area contributed by atoms with E-state index in [1.54, 1.807) is 29.6 Å². The van der Waals surface area contributed by atoms with Crippen molar-refractivity contribution < 1.29 is 19.0 Å². The van der Waals surface area contributed by atoms with Crippen molar-refractivity contribution in [3.05, 3.63) is 53.2 Å². The van der Waals surface area contributed by atoms with E-state index >= 15 is 0 Å². The van der Waals surface area contributed by atoms with Gasteiger partial charge in [-0.25, -0.2) is 14.4 Å². The summed E-state index contributed by atoms with van der Waals surface area (Å²) in [5.74, 6) is 0.0820. The minimum atomic E-state index is -1.52. The van der Waals surface area contributed by atoms with Gasteiger partial charge in [-0.2, -0.15) is 0 Å². The van der Waals surface area contributed by atoms with Crippen LogP contribution in [0.2, 0.25) is 0 Å². The highest BCUT2D eigenvalue weighted by molar-refractivity contribution is 7.18. The first kappa shape index (κ1) is 18.0. The van der Waals surface area contributed by atoms with Gasteiger partial charge >= 0.3 is 0 Å². The van der Waals surface area contributed by atoms with Crippen molar-refractivity contribution in [1.82, 2.24) is 9.97 Å². The van der Waals surface area contributed by atoms with Crippen molar-refractivity contribution in [3.8, 4) is 0 Å². The lowest BCUT2D eigenvalue weighted by atomic mass is 10.0. The third-order valence-corrected chi connectivity index (χ3v) is 5.67. The number of ether oxygens (including phenoxy) is 1. The number of fused-ring (bicyclic) bond motifs is 1. The largest absolute Gasteiger partial charge is 0.387 e. The van der Waals surface area contributed by atoms with Crippen molar-refractivity contribution in [2.24, 2.45) is 0 Å². The molecule has 1 amide bonds. The first-order chi connectivity index (χ1) is 13.1. The summed E-state index contributed by atoms with van der Waals surface area (Å²) in [5, 5.41) is 14.5. The molecule has 2 aromatic heterocycles. The molecular formula is C19H18FN3O3S. The molecule has 3 aromatic rings. The van der Waals surface area contributed by atoms with Crippen LogP contribution >= 0.6 is 11.3 Å². The van der Waals surface area contributed by atoms with Crippen LogP contribution in [0.25, 0.3) is 10.2 Å². The summed E-state index contributed by atoms with van der Waals surface area (Å²) in [4.78, 5) is 20.8. The van der Waals surface area contributed by atoms with Crippen LogP contribution in [0.4, 0.5) is 10.2 Å². The standard InChI is InChI=1S/C19H18FN3O3S/c1-2-12-15(24)13(20)16(26-12)11-8-27-17-14(11)21-9-22-18(17)23-19(25)10-6-4-3-5-7-10/h3-9,12-13,15-16,24H,2H2,1H3,(H,21,22,23,25)/t12-,13-,15-,16+/m1/s1. The van der Waals surface area contributed by atoms with Gasteiger partial charge < -0.3 is 15.2 Å². The van der Waals surface area contributed by atoms with Gasteiger partial charge in [0.2, 0.25) is 0 Å². The van der Waals surface area contributed by atoms with E-state index in [-0.39, 0.29) is 5.91 Å². The Labute approximate surface area is 159 Å². The lowest BCUT2D eigenvalue weighted by Crippen LogP contribution is -2.26. The number of aliphatic hydroxyl groups excluding tert-OH is 1. The number of amides is 1. The Bertz CT molecular complexity index is 965. The summed E-state index contributed by atoms with van der Waals surface area (Å²) in [5.41, 5.74) is 1.60. The van der Waals surface area contributed by atoms with Gasteiger partial charge in [0, 0.05) is 11.1 Å². The van der Waals surface area contributed by atoms with E-state index < -0.39 is 24.5 Å². The number of anilines is 1. The zero-order valence-corrected chi connectivity index (χ0v) is 15.3. The van der Waals surface area contributed by atoms with E-state index in [1.165, 1.54) is 17.7 Å². The first-order valence-electron chi connectivity index (χ1n) is 8.66. The molecule has 27 heavy (non-hydrogen) atoms. The number of halogens is 1. The maximum Gasteiger partial charge on any atom is 0.256 e. The summed E-state index contributed by atoms with van der Waals surface area (Å²) < 4.78 is 20.9. The van der Waals surface area contributed by atoms with Gasteiger partial charge in [0.1, 0.15) is 18.5 Å². The Morgan fingerprint density at radius 3 is 2.81 bits per heavy atom. The van der Waals surface area contributed by atoms with Crippen LogP contribution in [0.15, 0.2) is 42.0 Å². The minimum absolute atomic E-state index is 0.285. The highest BCUT2D eigenvalue weighted by Crippen LogP contribution is 2.42. The van der Waals surface area contributed by atoms with E-state index in [9.17, 15) is 14.3 Å². The van der Waals surface area contributed by atoms with E-state index in [0.29, 0.717) is 33.6 Å². The highest BCUT2D eigenvalue weighted by atomic mass is 32.1. The predicted molar refractivity (Wildman–Crippen MR) is 101 cm³/mol. The topological polar surface area (TPSA) is 84.3 Å². The van der Waals surface area contributed by atoms with Crippen molar-refractivity contribution in [3.63, 3.8) is 0 Å². The molecule has 0 bridgehead atoms. The molecule has 3 heterocycles. The summed E-state index contributed by atoms with van der Waals surface area (Å²) in [7, 11) is 0. The number of aliphatic hydroxyl groups is 1. The molecule has 0 saturated carbocycles. The van der Waals surface area contributed by atoms with Gasteiger partial charge in [0.05, 0.1) is 16.3 Å². The molecule has 1 aliphatic heterocycles. The van der Waals surface area contributed by atoms with Crippen LogP contribution in [0.1, 0.15) is 35.4 Å². The molecule has 0 radical (unpaired) electrons. The fourth-order valence-electron chi connectivity index (χ4n) is 3.24. The smallest absolute Gasteiger partial charge is 0.256 e. The van der Waals surface area contributed by atoms with Gasteiger partial charge in [-0.3, -0.25) is 4.79 Å². The number of rotatable bonds is 4. The van der Waals surface area contributed by atoms with Crippen molar-refractivity contribution in [2.75, 3.05) is 5.32 Å². The molecule has 0 unspecified atom stereocenters. The van der Waals surface area contributed by atoms with Crippen molar-refractivity contribution in [1.29, 1.82) is 0 Å². The van der Waals surface area contributed by atoms with E-state index in [2.05, 4.69) is 15.3 Å². The molecule has 6 nitrogen and oxygen atoms in total. The molecule has 1 aliphatic rings. The normalized spacial score (nSPS) is 25.0. The quantitative estimate of drug-likeness (QED) is 0.716. The second kappa shape index (κ2) is 7.30. The molecule has 4 atom stereocenters. The monoisotopic (exact) mass is 387 g/mol. The second-order valence-corrected chi connectivity index (χ2v) is 7.23. The average molecular weight is 387 g/mol. The summed E-state index contributed by atoms with van der Waals surface area (Å²) in [6.45, 7) is 1.84. The molecule has 0 spiro atoms. The maximum absolute atomic E-state index is 14.6. The number of carbonyl (C=O) groups excluding carboxylic acids is 1. The molecule has 0 aliphatic carbocycles. The fourth-order valence-corrected chi connectivity index (χ4v) is 4.23. The maximum atomic E-state index is 14.6. The Hall–Kier alpha value is -2.42. The second-order valence-electron chi connectivity index (χ2n) is 6.35. The summed E-state index contributed by atoms with van der Waals surface area (Å²) in [6, 6.07) is 8.81. The molecule has 4 rings (SSSR count). The number of benzene rings is 1. The van der Waals surface area contributed by atoms with Gasteiger partial charge in [-0.15, -0.1) is 11.3 Å². The van der Waals surface area contributed by atoms with Gasteiger partial charge in [0.25, 0.3) is 5.91 Å².